The molecule has 0 radical (unpaired) electrons. The lowest BCUT2D eigenvalue weighted by molar-refractivity contribution is 0.173. The predicted octanol–water partition coefficient (Wildman–Crippen LogP) is 1.93. The minimum atomic E-state index is -3.59. The van der Waals surface area contributed by atoms with Crippen LogP contribution in [-0.4, -0.2) is 33.8 Å². The topological polar surface area (TPSA) is 75.6 Å². The van der Waals surface area contributed by atoms with Gasteiger partial charge in [0.05, 0.1) is 11.5 Å². The zero-order chi connectivity index (χ0) is 15.5. The van der Waals surface area contributed by atoms with Gasteiger partial charge in [0.2, 0.25) is 10.0 Å². The van der Waals surface area contributed by atoms with Crippen molar-refractivity contribution >= 4 is 21.6 Å². The highest BCUT2D eigenvalue weighted by Crippen LogP contribution is 2.48. The van der Waals surface area contributed by atoms with Gasteiger partial charge >= 0.3 is 0 Å². The second kappa shape index (κ2) is 6.62. The highest BCUT2D eigenvalue weighted by Gasteiger charge is 2.42. The first kappa shape index (κ1) is 16.7. The van der Waals surface area contributed by atoms with E-state index in [1.807, 2.05) is 0 Å². The third-order valence-corrected chi connectivity index (χ3v) is 5.70. The van der Waals surface area contributed by atoms with Crippen LogP contribution >= 0.6 is 11.6 Å². The first-order valence-corrected chi connectivity index (χ1v) is 8.66. The number of hydrogen-bond donors (Lipinski definition) is 2. The Morgan fingerprint density at radius 2 is 2.14 bits per heavy atom. The van der Waals surface area contributed by atoms with Gasteiger partial charge in [0.1, 0.15) is 0 Å². The number of methoxy groups -OCH3 is 1. The van der Waals surface area contributed by atoms with Gasteiger partial charge < -0.3 is 9.84 Å². The van der Waals surface area contributed by atoms with E-state index in [0.717, 1.165) is 19.3 Å². The number of sulfonamides is 1. The molecule has 5 nitrogen and oxygen atoms in total. The minimum Gasteiger partial charge on any atom is -0.392 e. The van der Waals surface area contributed by atoms with Gasteiger partial charge in [-0.05, 0) is 48.4 Å². The monoisotopic (exact) mass is 333 g/mol. The van der Waals surface area contributed by atoms with Gasteiger partial charge in [-0.3, -0.25) is 0 Å². The lowest BCUT2D eigenvalue weighted by atomic mass is 10.0. The van der Waals surface area contributed by atoms with Crippen molar-refractivity contribution in [3.63, 3.8) is 0 Å². The molecular weight excluding hydrogens is 314 g/mol. The van der Waals surface area contributed by atoms with Crippen molar-refractivity contribution in [2.75, 3.05) is 20.3 Å². The molecule has 0 amide bonds. The highest BCUT2D eigenvalue weighted by atomic mass is 35.5. The Hall–Kier alpha value is -0.660. The second-order valence-corrected chi connectivity index (χ2v) is 7.65. The maximum atomic E-state index is 12.3. The van der Waals surface area contributed by atoms with Crippen molar-refractivity contribution < 1.29 is 18.3 Å². The molecule has 0 bridgehead atoms. The SMILES string of the molecule is COCCC1(CNS(=O)(=O)c2ccc(Cl)c(CO)c2)CC1. The summed E-state index contributed by atoms with van der Waals surface area (Å²) in [7, 11) is -1.95. The van der Waals surface area contributed by atoms with Crippen LogP contribution in [0.4, 0.5) is 0 Å². The smallest absolute Gasteiger partial charge is 0.240 e. The average molecular weight is 334 g/mol. The number of ether oxygens (including phenoxy) is 1. The molecule has 0 atom stereocenters. The van der Waals surface area contributed by atoms with Crippen LogP contribution in [0.3, 0.4) is 0 Å². The van der Waals surface area contributed by atoms with E-state index in [1.165, 1.54) is 18.2 Å². The molecule has 2 rings (SSSR count). The van der Waals surface area contributed by atoms with Gasteiger partial charge in [0.25, 0.3) is 0 Å². The second-order valence-electron chi connectivity index (χ2n) is 5.48. The number of rotatable bonds is 8. The molecule has 0 aromatic heterocycles. The molecule has 0 saturated heterocycles. The third kappa shape index (κ3) is 4.17. The quantitative estimate of drug-likeness (QED) is 0.762. The van der Waals surface area contributed by atoms with E-state index in [9.17, 15) is 8.42 Å². The van der Waals surface area contributed by atoms with E-state index in [4.69, 9.17) is 21.4 Å². The van der Waals surface area contributed by atoms with Crippen molar-refractivity contribution in [2.45, 2.75) is 30.8 Å². The van der Waals surface area contributed by atoms with Crippen molar-refractivity contribution in [2.24, 2.45) is 5.41 Å². The molecule has 7 heteroatoms. The van der Waals surface area contributed by atoms with Gasteiger partial charge in [-0.25, -0.2) is 13.1 Å². The van der Waals surface area contributed by atoms with Crippen LogP contribution in [0.15, 0.2) is 23.1 Å². The normalized spacial score (nSPS) is 16.9. The summed E-state index contributed by atoms with van der Waals surface area (Å²) in [6.07, 6.45) is 2.89. The minimum absolute atomic E-state index is 0.0370. The fourth-order valence-electron chi connectivity index (χ4n) is 2.18. The maximum absolute atomic E-state index is 12.3. The van der Waals surface area contributed by atoms with E-state index in [1.54, 1.807) is 7.11 Å². The van der Waals surface area contributed by atoms with E-state index >= 15 is 0 Å². The number of halogens is 1. The van der Waals surface area contributed by atoms with Gasteiger partial charge in [0, 0.05) is 25.3 Å². The molecule has 1 fully saturated rings. The molecule has 0 aliphatic heterocycles. The molecule has 1 saturated carbocycles. The summed E-state index contributed by atoms with van der Waals surface area (Å²) in [4.78, 5) is 0.124. The van der Waals surface area contributed by atoms with E-state index in [2.05, 4.69) is 4.72 Å². The van der Waals surface area contributed by atoms with Gasteiger partial charge in [-0.15, -0.1) is 0 Å². The fraction of sp³-hybridized carbons (Fsp3) is 0.571. The van der Waals surface area contributed by atoms with E-state index < -0.39 is 10.0 Å². The number of hydrogen-bond acceptors (Lipinski definition) is 4. The first-order valence-electron chi connectivity index (χ1n) is 6.80. The Morgan fingerprint density at radius 3 is 2.71 bits per heavy atom. The summed E-state index contributed by atoms with van der Waals surface area (Å²) >= 11 is 5.87. The van der Waals surface area contributed by atoms with Crippen molar-refractivity contribution in [1.29, 1.82) is 0 Å². The van der Waals surface area contributed by atoms with Gasteiger partial charge in [-0.2, -0.15) is 0 Å². The molecule has 1 aromatic rings. The molecule has 118 valence electrons. The van der Waals surface area contributed by atoms with Crippen LogP contribution in [0.25, 0.3) is 0 Å². The molecule has 2 N–H and O–H groups in total. The number of aliphatic hydroxyl groups excluding tert-OH is 1. The summed E-state index contributed by atoms with van der Waals surface area (Å²) in [6, 6.07) is 4.33. The molecule has 1 aliphatic rings. The summed E-state index contributed by atoms with van der Waals surface area (Å²) in [5, 5.41) is 9.52. The standard InChI is InChI=1S/C14H20ClNO4S/c1-20-7-6-14(4-5-14)10-16-21(18,19)12-2-3-13(15)11(8-12)9-17/h2-3,8,16-17H,4-7,9-10H2,1H3. The largest absolute Gasteiger partial charge is 0.392 e. The lowest BCUT2D eigenvalue weighted by Crippen LogP contribution is -2.31. The van der Waals surface area contributed by atoms with Crippen LogP contribution in [0.5, 0.6) is 0 Å². The van der Waals surface area contributed by atoms with Crippen LogP contribution in [0.2, 0.25) is 5.02 Å². The number of aliphatic hydroxyl groups is 1. The molecule has 1 aromatic carbocycles. The van der Waals surface area contributed by atoms with Crippen LogP contribution in [-0.2, 0) is 21.4 Å². The summed E-state index contributed by atoms with van der Waals surface area (Å²) in [6.45, 7) is 0.757. The Balaban J connectivity index is 2.05. The van der Waals surface area contributed by atoms with Gasteiger partial charge in [0.15, 0.2) is 0 Å². The Labute approximate surface area is 130 Å². The predicted molar refractivity (Wildman–Crippen MR) is 80.7 cm³/mol. The Kier molecular flexibility index (Phi) is 5.27. The number of benzene rings is 1. The Morgan fingerprint density at radius 1 is 1.43 bits per heavy atom. The maximum Gasteiger partial charge on any atom is 0.240 e. The summed E-state index contributed by atoms with van der Waals surface area (Å²) < 4.78 is 32.3. The van der Waals surface area contributed by atoms with Gasteiger partial charge in [-0.1, -0.05) is 11.6 Å². The summed E-state index contributed by atoms with van der Waals surface area (Å²) in [5.74, 6) is 0. The van der Waals surface area contributed by atoms with E-state index in [0.29, 0.717) is 23.7 Å². The highest BCUT2D eigenvalue weighted by molar-refractivity contribution is 7.89. The molecule has 0 heterocycles. The zero-order valence-corrected chi connectivity index (χ0v) is 13.5. The van der Waals surface area contributed by atoms with Crippen molar-refractivity contribution in [1.82, 2.24) is 4.72 Å². The summed E-state index contributed by atoms with van der Waals surface area (Å²) in [5.41, 5.74) is 0.440. The number of nitrogens with one attached hydrogen (secondary N) is 1. The average Bonchev–Trinajstić information content (AvgIpc) is 3.24. The van der Waals surface area contributed by atoms with Crippen molar-refractivity contribution in [3.05, 3.63) is 28.8 Å². The Bertz CT molecular complexity index is 599. The zero-order valence-electron chi connectivity index (χ0n) is 11.9. The van der Waals surface area contributed by atoms with Crippen LogP contribution in [0.1, 0.15) is 24.8 Å². The van der Waals surface area contributed by atoms with Crippen LogP contribution < -0.4 is 4.72 Å². The molecular formula is C14H20ClNO4S. The molecule has 0 spiro atoms. The van der Waals surface area contributed by atoms with E-state index in [-0.39, 0.29) is 16.9 Å². The molecule has 21 heavy (non-hydrogen) atoms. The lowest BCUT2D eigenvalue weighted by Gasteiger charge is -2.16. The molecule has 1 aliphatic carbocycles. The van der Waals surface area contributed by atoms with Crippen LogP contribution in [0, 0.1) is 5.41 Å². The van der Waals surface area contributed by atoms with Crippen molar-refractivity contribution in [3.8, 4) is 0 Å². The fourth-order valence-corrected chi connectivity index (χ4v) is 3.57. The third-order valence-electron chi connectivity index (χ3n) is 3.93. The molecule has 0 unspecified atom stereocenters. The first-order chi connectivity index (χ1) is 9.92.